The van der Waals surface area contributed by atoms with Gasteiger partial charge in [-0.05, 0) is 37.6 Å². The first kappa shape index (κ1) is 15.0. The summed E-state index contributed by atoms with van der Waals surface area (Å²) in [4.78, 5) is 26.4. The van der Waals surface area contributed by atoms with E-state index in [1.54, 1.807) is 24.3 Å². The quantitative estimate of drug-likeness (QED) is 0.866. The highest BCUT2D eigenvalue weighted by Crippen LogP contribution is 2.17. The second kappa shape index (κ2) is 6.37. The largest absolute Gasteiger partial charge is 0.353 e. The van der Waals surface area contributed by atoms with Crippen LogP contribution in [0.15, 0.2) is 24.3 Å². The summed E-state index contributed by atoms with van der Waals surface area (Å²) in [6, 6.07) is 6.34. The molecule has 0 radical (unpaired) electrons. The van der Waals surface area contributed by atoms with Gasteiger partial charge in [-0.1, -0.05) is 18.5 Å². The zero-order valence-corrected chi connectivity index (χ0v) is 12.5. The molecule has 5 heteroatoms. The van der Waals surface area contributed by atoms with Crippen LogP contribution in [0.3, 0.4) is 0 Å². The van der Waals surface area contributed by atoms with Crippen LogP contribution in [0.25, 0.3) is 0 Å². The lowest BCUT2D eigenvalue weighted by Crippen LogP contribution is -2.59. The van der Waals surface area contributed by atoms with Crippen molar-refractivity contribution in [2.45, 2.75) is 32.4 Å². The maximum Gasteiger partial charge on any atom is 0.237 e. The molecule has 4 nitrogen and oxygen atoms in total. The molecule has 1 heterocycles. The highest BCUT2D eigenvalue weighted by molar-refractivity contribution is 6.30. The van der Waals surface area contributed by atoms with Gasteiger partial charge in [0.15, 0.2) is 5.78 Å². The van der Waals surface area contributed by atoms with Crippen LogP contribution in [0.2, 0.25) is 5.02 Å². The van der Waals surface area contributed by atoms with Crippen molar-refractivity contribution in [3.8, 4) is 0 Å². The smallest absolute Gasteiger partial charge is 0.237 e. The van der Waals surface area contributed by atoms with Crippen LogP contribution in [0.4, 0.5) is 0 Å². The lowest BCUT2D eigenvalue weighted by atomic mass is 10.00. The molecule has 1 saturated heterocycles. The summed E-state index contributed by atoms with van der Waals surface area (Å²) in [6.45, 7) is 5.11. The number of nitrogens with zero attached hydrogens (tertiary/aromatic N) is 1. The van der Waals surface area contributed by atoms with E-state index < -0.39 is 0 Å². The molecule has 2 rings (SSSR count). The summed E-state index contributed by atoms with van der Waals surface area (Å²) in [5.74, 6) is 0.0318. The minimum absolute atomic E-state index is 0.00880. The van der Waals surface area contributed by atoms with Crippen LogP contribution in [0, 0.1) is 0 Å². The molecule has 0 bridgehead atoms. The standard InChI is InChI=1S/C15H19ClN2O2/c1-3-13-15(20)17-8-9-18(13)10(2)14(19)11-4-6-12(16)7-5-11/h4-7,10,13H,3,8-9H2,1-2H3,(H,17,20). The molecule has 1 aliphatic heterocycles. The number of rotatable bonds is 4. The summed E-state index contributed by atoms with van der Waals surface area (Å²) in [6.07, 6.45) is 0.698. The summed E-state index contributed by atoms with van der Waals surface area (Å²) in [5.41, 5.74) is 0.628. The number of ketones is 1. The molecular formula is C15H19ClN2O2. The Bertz CT molecular complexity index is 501. The number of Topliss-reactive ketones (excluding diaryl/α,β-unsaturated/α-hetero) is 1. The van der Waals surface area contributed by atoms with Gasteiger partial charge in [-0.15, -0.1) is 0 Å². The maximum atomic E-state index is 12.5. The molecule has 1 aromatic rings. The Morgan fingerprint density at radius 1 is 1.45 bits per heavy atom. The molecule has 1 fully saturated rings. The van der Waals surface area contributed by atoms with E-state index in [1.165, 1.54) is 0 Å². The lowest BCUT2D eigenvalue weighted by molar-refractivity contribution is -0.129. The molecule has 20 heavy (non-hydrogen) atoms. The van der Waals surface area contributed by atoms with Crippen LogP contribution < -0.4 is 5.32 Å². The molecule has 1 aromatic carbocycles. The third-order valence-corrected chi connectivity index (χ3v) is 4.02. The summed E-state index contributed by atoms with van der Waals surface area (Å²) in [5, 5.41) is 3.45. The maximum absolute atomic E-state index is 12.5. The van der Waals surface area contributed by atoms with E-state index in [-0.39, 0.29) is 23.8 Å². The van der Waals surface area contributed by atoms with Crippen molar-refractivity contribution < 1.29 is 9.59 Å². The number of hydrogen-bond donors (Lipinski definition) is 1. The highest BCUT2D eigenvalue weighted by Gasteiger charge is 2.34. The summed E-state index contributed by atoms with van der Waals surface area (Å²) < 4.78 is 0. The van der Waals surface area contributed by atoms with Crippen LogP contribution in [-0.2, 0) is 4.79 Å². The topological polar surface area (TPSA) is 49.4 Å². The molecule has 0 aliphatic carbocycles. The fourth-order valence-electron chi connectivity index (χ4n) is 2.62. The molecule has 0 spiro atoms. The predicted octanol–water partition coefficient (Wildman–Crippen LogP) is 2.12. The molecule has 0 saturated carbocycles. The number of benzene rings is 1. The second-order valence-electron chi connectivity index (χ2n) is 5.00. The minimum Gasteiger partial charge on any atom is -0.353 e. The van der Waals surface area contributed by atoms with Crippen molar-refractivity contribution in [1.82, 2.24) is 10.2 Å². The Morgan fingerprint density at radius 2 is 2.10 bits per heavy atom. The zero-order chi connectivity index (χ0) is 14.7. The van der Waals surface area contributed by atoms with E-state index in [4.69, 9.17) is 11.6 Å². The van der Waals surface area contributed by atoms with Gasteiger partial charge >= 0.3 is 0 Å². The zero-order valence-electron chi connectivity index (χ0n) is 11.7. The lowest BCUT2D eigenvalue weighted by Gasteiger charge is -2.38. The number of halogens is 1. The van der Waals surface area contributed by atoms with Crippen molar-refractivity contribution in [3.05, 3.63) is 34.9 Å². The first-order valence-corrected chi connectivity index (χ1v) is 7.25. The van der Waals surface area contributed by atoms with E-state index >= 15 is 0 Å². The van der Waals surface area contributed by atoms with Crippen LogP contribution in [0.5, 0.6) is 0 Å². The fraction of sp³-hybridized carbons (Fsp3) is 0.467. The van der Waals surface area contributed by atoms with Crippen LogP contribution >= 0.6 is 11.6 Å². The van der Waals surface area contributed by atoms with E-state index in [1.807, 2.05) is 18.7 Å². The molecule has 1 amide bonds. The van der Waals surface area contributed by atoms with E-state index in [2.05, 4.69) is 5.32 Å². The number of carbonyl (C=O) groups is 2. The Labute approximate surface area is 124 Å². The predicted molar refractivity (Wildman–Crippen MR) is 79.0 cm³/mol. The SMILES string of the molecule is CCC1C(=O)NCCN1C(C)C(=O)c1ccc(Cl)cc1. The molecule has 0 aromatic heterocycles. The Morgan fingerprint density at radius 3 is 2.70 bits per heavy atom. The van der Waals surface area contributed by atoms with Gasteiger partial charge in [-0.25, -0.2) is 0 Å². The normalized spacial score (nSPS) is 21.4. The van der Waals surface area contributed by atoms with Gasteiger partial charge in [-0.3, -0.25) is 14.5 Å². The average molecular weight is 295 g/mol. The third-order valence-electron chi connectivity index (χ3n) is 3.76. The van der Waals surface area contributed by atoms with E-state index in [9.17, 15) is 9.59 Å². The first-order chi connectivity index (χ1) is 9.54. The Kier molecular flexibility index (Phi) is 4.78. The molecule has 1 aliphatic rings. The molecular weight excluding hydrogens is 276 g/mol. The van der Waals surface area contributed by atoms with Gasteiger partial charge in [-0.2, -0.15) is 0 Å². The van der Waals surface area contributed by atoms with Crippen LogP contribution in [-0.4, -0.2) is 41.8 Å². The minimum atomic E-state index is -0.313. The van der Waals surface area contributed by atoms with Gasteiger partial charge in [0.05, 0.1) is 12.1 Å². The number of piperazine rings is 1. The third kappa shape index (κ3) is 3.02. The monoisotopic (exact) mass is 294 g/mol. The van der Waals surface area contributed by atoms with Gasteiger partial charge < -0.3 is 5.32 Å². The first-order valence-electron chi connectivity index (χ1n) is 6.87. The number of nitrogens with one attached hydrogen (secondary N) is 1. The van der Waals surface area contributed by atoms with Crippen molar-refractivity contribution in [2.24, 2.45) is 0 Å². The van der Waals surface area contributed by atoms with Crippen molar-refractivity contribution in [1.29, 1.82) is 0 Å². The van der Waals surface area contributed by atoms with Gasteiger partial charge in [0.25, 0.3) is 0 Å². The van der Waals surface area contributed by atoms with Crippen molar-refractivity contribution in [3.63, 3.8) is 0 Å². The van der Waals surface area contributed by atoms with Gasteiger partial charge in [0.1, 0.15) is 0 Å². The number of amides is 1. The highest BCUT2D eigenvalue weighted by atomic mass is 35.5. The molecule has 1 N–H and O–H groups in total. The van der Waals surface area contributed by atoms with Crippen LogP contribution in [0.1, 0.15) is 30.6 Å². The summed E-state index contributed by atoms with van der Waals surface area (Å²) >= 11 is 5.83. The van der Waals surface area contributed by atoms with Gasteiger partial charge in [0.2, 0.25) is 5.91 Å². The average Bonchev–Trinajstić information content (AvgIpc) is 2.46. The number of carbonyl (C=O) groups excluding carboxylic acids is 2. The Hall–Kier alpha value is -1.39. The van der Waals surface area contributed by atoms with E-state index in [0.717, 1.165) is 0 Å². The molecule has 108 valence electrons. The van der Waals surface area contributed by atoms with Gasteiger partial charge in [0, 0.05) is 23.7 Å². The molecule has 2 atom stereocenters. The molecule has 2 unspecified atom stereocenters. The second-order valence-corrected chi connectivity index (χ2v) is 5.44. The summed E-state index contributed by atoms with van der Waals surface area (Å²) in [7, 11) is 0. The van der Waals surface area contributed by atoms with Crippen molar-refractivity contribution >= 4 is 23.3 Å². The fourth-order valence-corrected chi connectivity index (χ4v) is 2.75. The van der Waals surface area contributed by atoms with Crippen molar-refractivity contribution in [2.75, 3.05) is 13.1 Å². The van der Waals surface area contributed by atoms with E-state index in [0.29, 0.717) is 30.1 Å². The Balaban J connectivity index is 2.16. The number of hydrogen-bond acceptors (Lipinski definition) is 3.